The fraction of sp³-hybridized carbons (Fsp3) is 0.217. The summed E-state index contributed by atoms with van der Waals surface area (Å²) in [6.45, 7) is 1.58. The summed E-state index contributed by atoms with van der Waals surface area (Å²) in [5, 5.41) is 0. The van der Waals surface area contributed by atoms with Crippen molar-refractivity contribution in [1.29, 1.82) is 0 Å². The van der Waals surface area contributed by atoms with Gasteiger partial charge in [0.15, 0.2) is 0 Å². The van der Waals surface area contributed by atoms with Gasteiger partial charge in [-0.15, -0.1) is 0 Å². The molecule has 0 atom stereocenters. The van der Waals surface area contributed by atoms with Crippen molar-refractivity contribution in [2.24, 2.45) is 0 Å². The second-order valence-electron chi connectivity index (χ2n) is 6.70. The van der Waals surface area contributed by atoms with Gasteiger partial charge in [0, 0.05) is 6.42 Å². The second kappa shape index (κ2) is 9.20. The number of alkyl halides is 2. The van der Waals surface area contributed by atoms with Crippen LogP contribution in [-0.2, 0) is 19.6 Å². The SMILES string of the molecule is CC(F)(F)Cc1cc(OCc2ccccc2)c(Br)c(OCc2ccccc2)c1. The van der Waals surface area contributed by atoms with Crippen LogP contribution in [0.5, 0.6) is 11.5 Å². The van der Waals surface area contributed by atoms with E-state index in [0.717, 1.165) is 18.1 Å². The molecular weight excluding hydrogens is 426 g/mol. The molecule has 0 radical (unpaired) electrons. The Kier molecular flexibility index (Phi) is 6.68. The summed E-state index contributed by atoms with van der Waals surface area (Å²) >= 11 is 3.50. The highest BCUT2D eigenvalue weighted by molar-refractivity contribution is 9.10. The monoisotopic (exact) mass is 446 g/mol. The van der Waals surface area contributed by atoms with E-state index in [-0.39, 0.29) is 6.42 Å². The molecular formula is C23H21BrF2O2. The highest BCUT2D eigenvalue weighted by Crippen LogP contribution is 2.38. The summed E-state index contributed by atoms with van der Waals surface area (Å²) in [6.07, 6.45) is -0.385. The Morgan fingerprint density at radius 1 is 0.750 bits per heavy atom. The van der Waals surface area contributed by atoms with Crippen molar-refractivity contribution in [3.05, 3.63) is 94.0 Å². The highest BCUT2D eigenvalue weighted by atomic mass is 79.9. The molecule has 0 fully saturated rings. The largest absolute Gasteiger partial charge is 0.488 e. The third-order valence-electron chi connectivity index (χ3n) is 4.05. The predicted octanol–water partition coefficient (Wildman–Crippen LogP) is 6.80. The molecule has 0 unspecified atom stereocenters. The van der Waals surface area contributed by atoms with Gasteiger partial charge in [-0.3, -0.25) is 0 Å². The molecule has 0 aliphatic carbocycles. The molecule has 0 N–H and O–H groups in total. The first kappa shape index (κ1) is 20.3. The van der Waals surface area contributed by atoms with E-state index in [9.17, 15) is 8.78 Å². The standard InChI is InChI=1S/C23H21BrF2O2/c1-23(25,26)14-19-12-20(27-15-17-8-4-2-5-9-17)22(24)21(13-19)28-16-18-10-6-3-7-11-18/h2-13H,14-16H2,1H3. The first-order valence-electron chi connectivity index (χ1n) is 8.94. The van der Waals surface area contributed by atoms with Gasteiger partial charge in [0.25, 0.3) is 0 Å². The van der Waals surface area contributed by atoms with E-state index < -0.39 is 5.92 Å². The van der Waals surface area contributed by atoms with Gasteiger partial charge in [-0.1, -0.05) is 60.7 Å². The van der Waals surface area contributed by atoms with Crippen molar-refractivity contribution in [3.8, 4) is 11.5 Å². The van der Waals surface area contributed by atoms with Gasteiger partial charge in [-0.25, -0.2) is 8.78 Å². The Bertz CT molecular complexity index is 829. The average Bonchev–Trinajstić information content (AvgIpc) is 2.67. The Morgan fingerprint density at radius 3 is 1.57 bits per heavy atom. The third-order valence-corrected chi connectivity index (χ3v) is 4.84. The van der Waals surface area contributed by atoms with E-state index in [0.29, 0.717) is 34.7 Å². The molecule has 0 heterocycles. The van der Waals surface area contributed by atoms with Crippen LogP contribution in [0.1, 0.15) is 23.6 Å². The first-order valence-corrected chi connectivity index (χ1v) is 9.74. The molecule has 3 rings (SSSR count). The van der Waals surface area contributed by atoms with Crippen LogP contribution in [0.3, 0.4) is 0 Å². The lowest BCUT2D eigenvalue weighted by Gasteiger charge is -2.17. The predicted molar refractivity (Wildman–Crippen MR) is 110 cm³/mol. The minimum Gasteiger partial charge on any atom is -0.488 e. The molecule has 0 spiro atoms. The fourth-order valence-electron chi connectivity index (χ4n) is 2.77. The fourth-order valence-corrected chi connectivity index (χ4v) is 3.23. The van der Waals surface area contributed by atoms with Crippen molar-refractivity contribution in [2.75, 3.05) is 0 Å². The Labute approximate surface area is 172 Å². The van der Waals surface area contributed by atoms with E-state index in [1.54, 1.807) is 12.1 Å². The normalized spacial score (nSPS) is 11.3. The number of ether oxygens (including phenoxy) is 2. The highest BCUT2D eigenvalue weighted by Gasteiger charge is 2.23. The van der Waals surface area contributed by atoms with Gasteiger partial charge in [-0.2, -0.15) is 0 Å². The van der Waals surface area contributed by atoms with E-state index >= 15 is 0 Å². The molecule has 0 amide bonds. The van der Waals surface area contributed by atoms with Crippen LogP contribution in [0.4, 0.5) is 8.78 Å². The van der Waals surface area contributed by atoms with Gasteiger partial charge >= 0.3 is 0 Å². The lowest BCUT2D eigenvalue weighted by atomic mass is 10.1. The minimum atomic E-state index is -2.82. The molecule has 5 heteroatoms. The van der Waals surface area contributed by atoms with Gasteiger partial charge in [-0.05, 0) is 51.7 Å². The smallest absolute Gasteiger partial charge is 0.249 e. The van der Waals surface area contributed by atoms with Crippen molar-refractivity contribution < 1.29 is 18.3 Å². The zero-order valence-electron chi connectivity index (χ0n) is 15.5. The van der Waals surface area contributed by atoms with Crippen molar-refractivity contribution >= 4 is 15.9 Å². The van der Waals surface area contributed by atoms with Crippen LogP contribution in [0.15, 0.2) is 77.3 Å². The van der Waals surface area contributed by atoms with Gasteiger partial charge in [0.2, 0.25) is 5.92 Å². The van der Waals surface area contributed by atoms with E-state index in [1.165, 1.54) is 0 Å². The van der Waals surface area contributed by atoms with Crippen LogP contribution in [0.2, 0.25) is 0 Å². The Morgan fingerprint density at radius 2 is 1.18 bits per heavy atom. The maximum absolute atomic E-state index is 13.6. The minimum absolute atomic E-state index is 0.337. The van der Waals surface area contributed by atoms with Crippen molar-refractivity contribution in [1.82, 2.24) is 0 Å². The molecule has 3 aromatic carbocycles. The Hall–Kier alpha value is -2.40. The zero-order chi connectivity index (χ0) is 20.0. The molecule has 28 heavy (non-hydrogen) atoms. The number of halogens is 3. The zero-order valence-corrected chi connectivity index (χ0v) is 17.1. The van der Waals surface area contributed by atoms with Crippen LogP contribution in [-0.4, -0.2) is 5.92 Å². The summed E-state index contributed by atoms with van der Waals surface area (Å²) in [7, 11) is 0. The second-order valence-corrected chi connectivity index (χ2v) is 7.49. The van der Waals surface area contributed by atoms with Gasteiger partial charge in [0.05, 0.1) is 0 Å². The molecule has 0 aliphatic heterocycles. The van der Waals surface area contributed by atoms with E-state index in [2.05, 4.69) is 15.9 Å². The van der Waals surface area contributed by atoms with Crippen LogP contribution < -0.4 is 9.47 Å². The maximum atomic E-state index is 13.6. The van der Waals surface area contributed by atoms with E-state index in [4.69, 9.17) is 9.47 Å². The number of hydrogen-bond acceptors (Lipinski definition) is 2. The molecule has 0 saturated heterocycles. The summed E-state index contributed by atoms with van der Waals surface area (Å²) < 4.78 is 39.6. The summed E-state index contributed by atoms with van der Waals surface area (Å²) in [5.41, 5.74) is 2.45. The van der Waals surface area contributed by atoms with Crippen LogP contribution >= 0.6 is 15.9 Å². The lowest BCUT2D eigenvalue weighted by molar-refractivity contribution is 0.0225. The third kappa shape index (κ3) is 6.06. The molecule has 3 aromatic rings. The number of hydrogen-bond donors (Lipinski definition) is 0. The quantitative estimate of drug-likeness (QED) is 0.378. The van der Waals surface area contributed by atoms with E-state index in [1.807, 2.05) is 60.7 Å². The number of rotatable bonds is 8. The van der Waals surface area contributed by atoms with Gasteiger partial charge in [0.1, 0.15) is 29.2 Å². The number of benzene rings is 3. The summed E-state index contributed by atoms with van der Waals surface area (Å²) in [6, 6.07) is 22.6. The summed E-state index contributed by atoms with van der Waals surface area (Å²) in [5.74, 6) is -1.86. The molecule has 0 aromatic heterocycles. The first-order chi connectivity index (χ1) is 13.4. The molecule has 0 bridgehead atoms. The van der Waals surface area contributed by atoms with Gasteiger partial charge < -0.3 is 9.47 Å². The lowest BCUT2D eigenvalue weighted by Crippen LogP contribution is -2.14. The molecule has 0 saturated carbocycles. The van der Waals surface area contributed by atoms with Crippen molar-refractivity contribution in [2.45, 2.75) is 32.5 Å². The van der Waals surface area contributed by atoms with Crippen LogP contribution in [0, 0.1) is 0 Å². The van der Waals surface area contributed by atoms with Crippen molar-refractivity contribution in [3.63, 3.8) is 0 Å². The topological polar surface area (TPSA) is 18.5 Å². The average molecular weight is 447 g/mol. The van der Waals surface area contributed by atoms with Crippen LogP contribution in [0.25, 0.3) is 0 Å². The molecule has 2 nitrogen and oxygen atoms in total. The molecule has 0 aliphatic rings. The maximum Gasteiger partial charge on any atom is 0.249 e. The Balaban J connectivity index is 1.83. The summed E-state index contributed by atoms with van der Waals surface area (Å²) in [4.78, 5) is 0. The molecule has 146 valence electrons.